The molecule has 0 bridgehead atoms. The molecule has 4 aliphatic heterocycles. The molecule has 0 radical (unpaired) electrons. The molecule has 15 heteroatoms. The second-order valence-corrected chi connectivity index (χ2v) is 17.2. The minimum Gasteiger partial charge on any atom is -0.508 e. The van der Waals surface area contributed by atoms with Crippen molar-refractivity contribution in [1.29, 1.82) is 0 Å². The molecule has 9 rings (SSSR count). The highest BCUT2D eigenvalue weighted by Gasteiger charge is 2.45. The van der Waals surface area contributed by atoms with Crippen molar-refractivity contribution in [2.75, 3.05) is 55.6 Å². The first-order valence-electron chi connectivity index (χ1n) is 20.7. The van der Waals surface area contributed by atoms with Gasteiger partial charge in [0.15, 0.2) is 5.75 Å². The maximum absolute atomic E-state index is 13.3. The number of anilines is 2. The summed E-state index contributed by atoms with van der Waals surface area (Å²) in [4.78, 5) is 59.6. The van der Waals surface area contributed by atoms with Gasteiger partial charge in [0.1, 0.15) is 17.5 Å². The second kappa shape index (κ2) is 16.7. The summed E-state index contributed by atoms with van der Waals surface area (Å²) in [6.45, 7) is 6.53. The molecular formula is C45H46BN5O8S. The Morgan fingerprint density at radius 2 is 1.45 bits per heavy atom. The van der Waals surface area contributed by atoms with Crippen molar-refractivity contribution in [3.63, 3.8) is 0 Å². The summed E-state index contributed by atoms with van der Waals surface area (Å²) in [6, 6.07) is 24.9. The summed E-state index contributed by atoms with van der Waals surface area (Å²) in [5.41, 5.74) is 3.97. The predicted octanol–water partition coefficient (Wildman–Crippen LogP) is 4.97. The predicted molar refractivity (Wildman–Crippen MR) is 231 cm³/mol. The molecule has 0 aliphatic carbocycles. The molecule has 1 unspecified atom stereocenters. The smallest absolute Gasteiger partial charge is 0.488 e. The van der Waals surface area contributed by atoms with E-state index in [0.717, 1.165) is 96.2 Å². The van der Waals surface area contributed by atoms with Crippen LogP contribution in [-0.4, -0.2) is 108 Å². The van der Waals surface area contributed by atoms with Gasteiger partial charge in [0, 0.05) is 67.2 Å². The second-order valence-electron chi connectivity index (χ2n) is 16.1. The highest BCUT2D eigenvalue weighted by Crippen LogP contribution is 2.47. The molecule has 3 fully saturated rings. The minimum atomic E-state index is -1.54. The van der Waals surface area contributed by atoms with Crippen LogP contribution in [0.2, 0.25) is 0 Å². The van der Waals surface area contributed by atoms with Crippen LogP contribution in [0.5, 0.6) is 17.2 Å². The molecule has 13 nitrogen and oxygen atoms in total. The van der Waals surface area contributed by atoms with Crippen LogP contribution in [0.25, 0.3) is 20.5 Å². The number of hydrogen-bond acceptors (Lipinski definition) is 12. The van der Waals surface area contributed by atoms with Crippen LogP contribution >= 0.6 is 11.3 Å². The van der Waals surface area contributed by atoms with E-state index >= 15 is 0 Å². The monoisotopic (exact) mass is 827 g/mol. The lowest BCUT2D eigenvalue weighted by molar-refractivity contribution is -0.136. The van der Waals surface area contributed by atoms with Gasteiger partial charge in [0.05, 0.1) is 16.0 Å². The lowest BCUT2D eigenvalue weighted by atomic mass is 9.80. The fourth-order valence-corrected chi connectivity index (χ4v) is 10.1. The fourth-order valence-electron chi connectivity index (χ4n) is 8.97. The maximum atomic E-state index is 13.3. The fraction of sp³-hybridized carbons (Fsp3) is 0.333. The number of carbonyl (C=O) groups is 4. The zero-order valence-electron chi connectivity index (χ0n) is 33.1. The molecule has 1 atom stereocenters. The number of imide groups is 2. The number of piperazine rings is 1. The van der Waals surface area contributed by atoms with Crippen molar-refractivity contribution in [1.82, 2.24) is 15.1 Å². The molecule has 4 N–H and O–H groups in total. The van der Waals surface area contributed by atoms with Crippen LogP contribution in [0.1, 0.15) is 59.2 Å². The Morgan fingerprint density at radius 1 is 0.750 bits per heavy atom. The number of benzene rings is 4. The van der Waals surface area contributed by atoms with E-state index in [1.165, 1.54) is 23.4 Å². The Balaban J connectivity index is 0.736. The van der Waals surface area contributed by atoms with Crippen molar-refractivity contribution in [3.8, 4) is 27.7 Å². The molecule has 4 aliphatic rings. The number of thiophene rings is 1. The van der Waals surface area contributed by atoms with Crippen LogP contribution in [0.3, 0.4) is 0 Å². The van der Waals surface area contributed by atoms with Crippen molar-refractivity contribution in [2.24, 2.45) is 5.92 Å². The molecular weight excluding hydrogens is 781 g/mol. The number of nitrogens with one attached hydrogen (secondary N) is 1. The van der Waals surface area contributed by atoms with E-state index in [9.17, 15) is 34.3 Å². The number of ether oxygens (including phenoxy) is 1. The summed E-state index contributed by atoms with van der Waals surface area (Å²) in [5, 5.41) is 32.4. The average Bonchev–Trinajstić information content (AvgIpc) is 3.73. The van der Waals surface area contributed by atoms with E-state index in [1.807, 2.05) is 36.4 Å². The van der Waals surface area contributed by atoms with E-state index in [2.05, 4.69) is 32.1 Å². The third-order valence-corrected chi connectivity index (χ3v) is 13.6. The summed E-state index contributed by atoms with van der Waals surface area (Å²) in [7, 11) is -1.54. The molecule has 5 heterocycles. The van der Waals surface area contributed by atoms with Crippen LogP contribution in [0, 0.1) is 5.92 Å². The zero-order valence-corrected chi connectivity index (χ0v) is 33.9. The number of fused-ring (bicyclic) bond motifs is 2. The molecule has 3 saturated heterocycles. The Kier molecular flexibility index (Phi) is 11.1. The van der Waals surface area contributed by atoms with E-state index in [1.54, 1.807) is 36.4 Å². The number of nitrogens with zero attached hydrogens (tertiary/aromatic N) is 4. The number of phenols is 1. The molecule has 1 aromatic heterocycles. The van der Waals surface area contributed by atoms with Gasteiger partial charge in [0.2, 0.25) is 11.8 Å². The standard InChI is InChI=1S/C45H46BN5O8S/c52-33-10-14-36-39(27-33)60-42(29-3-5-30(6-4-29)46(57)58)41(36)59-34-11-7-31(8-12-34)49-20-17-28(18-21-49)2-1-19-48-22-24-50(25-23-48)32-9-13-35-37(26-32)45(56)51(44(35)55)38-15-16-40(53)47-43(38)54/h3-14,26-28,38,52,57-58H,1-2,15-25H2,(H,47,53,54). The maximum Gasteiger partial charge on any atom is 0.488 e. The van der Waals surface area contributed by atoms with Gasteiger partial charge >= 0.3 is 7.12 Å². The van der Waals surface area contributed by atoms with Crippen LogP contribution in [0.4, 0.5) is 11.4 Å². The van der Waals surface area contributed by atoms with Gasteiger partial charge in [-0.25, -0.2) is 0 Å². The van der Waals surface area contributed by atoms with Gasteiger partial charge in [-0.1, -0.05) is 24.3 Å². The first kappa shape index (κ1) is 39.7. The molecule has 0 saturated carbocycles. The molecule has 5 aromatic rings. The summed E-state index contributed by atoms with van der Waals surface area (Å²) in [6.07, 6.45) is 4.88. The zero-order chi connectivity index (χ0) is 41.5. The van der Waals surface area contributed by atoms with Crippen LogP contribution < -0.4 is 25.3 Å². The van der Waals surface area contributed by atoms with Crippen LogP contribution in [-0.2, 0) is 9.59 Å². The summed E-state index contributed by atoms with van der Waals surface area (Å²) >= 11 is 1.51. The van der Waals surface area contributed by atoms with Crippen LogP contribution in [0.15, 0.2) is 84.9 Å². The van der Waals surface area contributed by atoms with E-state index < -0.39 is 30.9 Å². The van der Waals surface area contributed by atoms with Gasteiger partial charge < -0.3 is 29.7 Å². The van der Waals surface area contributed by atoms with Gasteiger partial charge in [-0.05, 0) is 116 Å². The topological polar surface area (TPSA) is 163 Å². The normalized spacial score (nSPS) is 19.0. The number of aromatic hydroxyl groups is 1. The molecule has 60 heavy (non-hydrogen) atoms. The van der Waals surface area contributed by atoms with Crippen molar-refractivity contribution in [3.05, 3.63) is 96.1 Å². The number of rotatable bonds is 11. The van der Waals surface area contributed by atoms with Crippen molar-refractivity contribution < 1.29 is 39.1 Å². The SMILES string of the molecule is O=C1CCC(N2C(=O)c3ccc(N4CCN(CCCC5CCN(c6ccc(Oc7c(-c8ccc(B(O)O)cc8)sc8cc(O)ccc78)cc6)CC5)CC4)cc3C2=O)C(=O)N1. The molecule has 4 aromatic carbocycles. The number of amides is 4. The molecule has 0 spiro atoms. The first-order chi connectivity index (χ1) is 29.1. The van der Waals surface area contributed by atoms with Gasteiger partial charge in [0.25, 0.3) is 11.8 Å². The molecule has 4 amide bonds. The lowest BCUT2D eigenvalue weighted by Gasteiger charge is -2.37. The quantitative estimate of drug-likeness (QED) is 0.105. The highest BCUT2D eigenvalue weighted by molar-refractivity contribution is 7.22. The van der Waals surface area contributed by atoms with Crippen molar-refractivity contribution in [2.45, 2.75) is 44.6 Å². The van der Waals surface area contributed by atoms with E-state index in [-0.39, 0.29) is 24.5 Å². The Bertz CT molecular complexity index is 2440. The third-order valence-electron chi connectivity index (χ3n) is 12.4. The van der Waals surface area contributed by atoms with E-state index in [0.29, 0.717) is 34.0 Å². The minimum absolute atomic E-state index is 0.0950. The number of hydrogen-bond donors (Lipinski definition) is 4. The molecule has 308 valence electrons. The average molecular weight is 828 g/mol. The third kappa shape index (κ3) is 7.97. The summed E-state index contributed by atoms with van der Waals surface area (Å²) in [5.74, 6) is 0.323. The number of phenolic OH excluding ortho intramolecular Hbond substituents is 1. The lowest BCUT2D eigenvalue weighted by Crippen LogP contribution is -2.54. The van der Waals surface area contributed by atoms with Gasteiger partial charge in [-0.2, -0.15) is 0 Å². The Morgan fingerprint density at radius 3 is 2.17 bits per heavy atom. The number of piperidine rings is 2. The van der Waals surface area contributed by atoms with Crippen molar-refractivity contribution >= 4 is 69.0 Å². The Hall–Kier alpha value is -5.74. The van der Waals surface area contributed by atoms with Gasteiger partial charge in [-0.15, -0.1) is 11.3 Å². The first-order valence-corrected chi connectivity index (χ1v) is 21.5. The number of carbonyl (C=O) groups excluding carboxylic acids is 4. The highest BCUT2D eigenvalue weighted by atomic mass is 32.1. The Labute approximate surface area is 351 Å². The summed E-state index contributed by atoms with van der Waals surface area (Å²) < 4.78 is 7.42. The largest absolute Gasteiger partial charge is 0.508 e. The van der Waals surface area contributed by atoms with Gasteiger partial charge in [-0.3, -0.25) is 34.3 Å². The van der Waals surface area contributed by atoms with E-state index in [4.69, 9.17) is 4.74 Å².